The second-order valence-electron chi connectivity index (χ2n) is 11.4. The van der Waals surface area contributed by atoms with Gasteiger partial charge in [0.05, 0.1) is 13.7 Å². The van der Waals surface area contributed by atoms with Gasteiger partial charge in [-0.2, -0.15) is 0 Å². The number of Topliss-reactive ketones (excluding diaryl/α,β-unsaturated/α-hetero) is 2. The molecule has 0 aliphatic carbocycles. The van der Waals surface area contributed by atoms with Crippen LogP contribution in [0.2, 0.25) is 0 Å². The molecule has 0 saturated heterocycles. The molecular formula is C34H46N2O12. The van der Waals surface area contributed by atoms with E-state index in [0.29, 0.717) is 23.5 Å². The Labute approximate surface area is 280 Å². The van der Waals surface area contributed by atoms with Crippen LogP contribution in [-0.4, -0.2) is 96.8 Å². The van der Waals surface area contributed by atoms with E-state index in [1.165, 1.54) is 46.9 Å². The minimum Gasteiger partial charge on any atom is -0.494 e. The number of nitrogens with one attached hydrogen (secondary N) is 2. The van der Waals surface area contributed by atoms with Gasteiger partial charge in [-0.1, -0.05) is 6.92 Å². The second-order valence-corrected chi connectivity index (χ2v) is 11.4. The summed E-state index contributed by atoms with van der Waals surface area (Å²) >= 11 is 0. The summed E-state index contributed by atoms with van der Waals surface area (Å²) in [6.07, 6.45) is 0.0379. The van der Waals surface area contributed by atoms with Gasteiger partial charge in [-0.3, -0.25) is 28.8 Å². The number of hydrogen-bond donors (Lipinski definition) is 4. The van der Waals surface area contributed by atoms with E-state index in [1.807, 2.05) is 6.92 Å². The number of ketones is 2. The maximum Gasteiger partial charge on any atom is 0.315 e. The zero-order chi connectivity index (χ0) is 36.3. The van der Waals surface area contributed by atoms with Crippen molar-refractivity contribution in [2.24, 2.45) is 0 Å². The summed E-state index contributed by atoms with van der Waals surface area (Å²) in [5, 5.41) is 24.1. The molecule has 2 amide bonds. The molecule has 2 aromatic rings. The Morgan fingerprint density at radius 3 is 1.40 bits per heavy atom. The van der Waals surface area contributed by atoms with E-state index in [1.54, 1.807) is 36.4 Å². The number of ether oxygens (including phenoxy) is 4. The highest BCUT2D eigenvalue weighted by Crippen LogP contribution is 2.18. The van der Waals surface area contributed by atoms with E-state index < -0.39 is 53.6 Å². The smallest absolute Gasteiger partial charge is 0.315 e. The number of esters is 2. The average Bonchev–Trinajstić information content (AvgIpc) is 3.03. The first kappa shape index (κ1) is 41.2. The molecule has 0 bridgehead atoms. The van der Waals surface area contributed by atoms with Crippen molar-refractivity contribution in [1.82, 2.24) is 10.6 Å². The highest BCUT2D eigenvalue weighted by atomic mass is 16.6. The van der Waals surface area contributed by atoms with Crippen molar-refractivity contribution in [3.05, 3.63) is 59.7 Å². The third-order valence-electron chi connectivity index (χ3n) is 6.04. The first-order valence-electron chi connectivity index (χ1n) is 15.2. The fourth-order valence-electron chi connectivity index (χ4n) is 3.56. The molecule has 4 N–H and O–H groups in total. The normalized spacial score (nSPS) is 10.8. The summed E-state index contributed by atoms with van der Waals surface area (Å²) in [6.45, 7) is 8.59. The topological polar surface area (TPSA) is 204 Å². The summed E-state index contributed by atoms with van der Waals surface area (Å²) in [5.41, 5.74) is -1.96. The quantitative estimate of drug-likeness (QED) is 0.0778. The Hall–Kier alpha value is -4.82. The van der Waals surface area contributed by atoms with E-state index in [0.717, 1.165) is 12.2 Å². The van der Waals surface area contributed by atoms with Crippen molar-refractivity contribution in [3.63, 3.8) is 0 Å². The number of benzene rings is 2. The SMILES string of the molecule is CCCOc1ccc(C(=O)C(C)(C)O)cc1.COC(=O)CC(=O)NCCNC(=O)CC(=O)OCCOc1ccc(C(=O)C(C)(C)O)cc1. The van der Waals surface area contributed by atoms with Gasteiger partial charge in [0, 0.05) is 24.2 Å². The first-order chi connectivity index (χ1) is 22.5. The van der Waals surface area contributed by atoms with Gasteiger partial charge >= 0.3 is 11.9 Å². The lowest BCUT2D eigenvalue weighted by molar-refractivity contribution is -0.147. The molecule has 0 aromatic heterocycles. The Kier molecular flexibility index (Phi) is 17.5. The highest BCUT2D eigenvalue weighted by molar-refractivity contribution is 6.02. The van der Waals surface area contributed by atoms with Gasteiger partial charge in [0.2, 0.25) is 11.8 Å². The number of methoxy groups -OCH3 is 1. The van der Waals surface area contributed by atoms with Gasteiger partial charge in [0.25, 0.3) is 0 Å². The largest absolute Gasteiger partial charge is 0.494 e. The summed E-state index contributed by atoms with van der Waals surface area (Å²) < 4.78 is 20.1. The first-order valence-corrected chi connectivity index (χ1v) is 15.2. The van der Waals surface area contributed by atoms with Crippen LogP contribution in [0.25, 0.3) is 0 Å². The zero-order valence-corrected chi connectivity index (χ0v) is 28.3. The van der Waals surface area contributed by atoms with Crippen LogP contribution in [0.3, 0.4) is 0 Å². The Morgan fingerprint density at radius 2 is 1.02 bits per heavy atom. The van der Waals surface area contributed by atoms with E-state index in [9.17, 15) is 39.0 Å². The van der Waals surface area contributed by atoms with Crippen LogP contribution in [0.4, 0.5) is 0 Å². The van der Waals surface area contributed by atoms with Crippen molar-refractivity contribution in [2.75, 3.05) is 40.0 Å². The molecule has 0 aliphatic heterocycles. The maximum absolute atomic E-state index is 11.9. The van der Waals surface area contributed by atoms with Crippen molar-refractivity contribution in [2.45, 2.75) is 65.1 Å². The van der Waals surface area contributed by atoms with Crippen LogP contribution >= 0.6 is 0 Å². The van der Waals surface area contributed by atoms with Gasteiger partial charge in [-0.25, -0.2) is 0 Å². The Morgan fingerprint density at radius 1 is 0.625 bits per heavy atom. The van der Waals surface area contributed by atoms with Gasteiger partial charge in [0.1, 0.15) is 48.8 Å². The minimum absolute atomic E-state index is 0.0401. The number of carbonyl (C=O) groups excluding carboxylic acids is 6. The molecule has 0 radical (unpaired) electrons. The average molecular weight is 675 g/mol. The third kappa shape index (κ3) is 16.7. The Bertz CT molecular complexity index is 1360. The van der Waals surface area contributed by atoms with E-state index in [-0.39, 0.29) is 32.1 Å². The summed E-state index contributed by atoms with van der Waals surface area (Å²) in [4.78, 5) is 69.2. The lowest BCUT2D eigenvalue weighted by Crippen LogP contribution is -2.36. The number of carbonyl (C=O) groups is 6. The molecule has 0 unspecified atom stereocenters. The van der Waals surface area contributed by atoms with Gasteiger partial charge < -0.3 is 39.8 Å². The molecule has 2 aromatic carbocycles. The molecule has 0 fully saturated rings. The fourth-order valence-corrected chi connectivity index (χ4v) is 3.56. The molecule has 0 atom stereocenters. The van der Waals surface area contributed by atoms with Crippen molar-refractivity contribution >= 4 is 35.3 Å². The molecule has 2 rings (SSSR count). The van der Waals surface area contributed by atoms with Crippen molar-refractivity contribution in [3.8, 4) is 11.5 Å². The molecule has 0 aliphatic rings. The van der Waals surface area contributed by atoms with Gasteiger partial charge in [-0.15, -0.1) is 0 Å². The minimum atomic E-state index is -1.47. The van der Waals surface area contributed by atoms with Crippen molar-refractivity contribution < 1.29 is 57.9 Å². The van der Waals surface area contributed by atoms with E-state index in [2.05, 4.69) is 15.4 Å². The van der Waals surface area contributed by atoms with Gasteiger partial charge in [0.15, 0.2) is 11.6 Å². The predicted octanol–water partition coefficient (Wildman–Crippen LogP) is 2.18. The van der Waals surface area contributed by atoms with Crippen LogP contribution in [0, 0.1) is 0 Å². The monoisotopic (exact) mass is 674 g/mol. The Balaban J connectivity index is 0.000000600. The summed E-state index contributed by atoms with van der Waals surface area (Å²) in [6, 6.07) is 13.0. The second kappa shape index (κ2) is 20.4. The van der Waals surface area contributed by atoms with Crippen LogP contribution in [0.5, 0.6) is 11.5 Å². The summed E-state index contributed by atoms with van der Waals surface area (Å²) in [7, 11) is 1.17. The maximum atomic E-state index is 11.9. The highest BCUT2D eigenvalue weighted by Gasteiger charge is 2.26. The van der Waals surface area contributed by atoms with Crippen LogP contribution < -0.4 is 20.1 Å². The molecule has 264 valence electrons. The molecule has 0 spiro atoms. The molecule has 0 saturated carbocycles. The molecule has 14 heteroatoms. The lowest BCUT2D eigenvalue weighted by Gasteiger charge is -2.15. The molecular weight excluding hydrogens is 628 g/mol. The van der Waals surface area contributed by atoms with Crippen molar-refractivity contribution in [1.29, 1.82) is 0 Å². The summed E-state index contributed by atoms with van der Waals surface area (Å²) in [5.74, 6) is -2.04. The number of rotatable bonds is 18. The van der Waals surface area contributed by atoms with Crippen LogP contribution in [-0.2, 0) is 28.7 Å². The van der Waals surface area contributed by atoms with E-state index in [4.69, 9.17) is 14.2 Å². The van der Waals surface area contributed by atoms with Crippen LogP contribution in [0.1, 0.15) is 74.6 Å². The van der Waals surface area contributed by atoms with Gasteiger partial charge in [-0.05, 0) is 82.6 Å². The molecule has 48 heavy (non-hydrogen) atoms. The molecule has 0 heterocycles. The van der Waals surface area contributed by atoms with Crippen LogP contribution in [0.15, 0.2) is 48.5 Å². The number of aliphatic hydroxyl groups is 2. The third-order valence-corrected chi connectivity index (χ3v) is 6.04. The number of hydrogen-bond acceptors (Lipinski definition) is 12. The predicted molar refractivity (Wildman–Crippen MR) is 174 cm³/mol. The zero-order valence-electron chi connectivity index (χ0n) is 28.3. The lowest BCUT2D eigenvalue weighted by atomic mass is 9.97. The standard InChI is InChI=1S/C21H28N2O9.C13H18O3/c1-21(2,29)20(28)14-4-6-15(7-5-14)31-10-11-32-19(27)13-17(25)23-9-8-22-16(24)12-18(26)30-3;1-4-9-16-11-7-5-10(6-8-11)12(14)13(2,3)15/h4-7,29H,8-13H2,1-3H3,(H,22,24)(H,23,25);5-8,15H,4,9H2,1-3H3. The molecule has 14 nitrogen and oxygen atoms in total. The fraction of sp³-hybridized carbons (Fsp3) is 0.471. The number of amides is 2. The van der Waals surface area contributed by atoms with E-state index >= 15 is 0 Å².